The van der Waals surface area contributed by atoms with Gasteiger partial charge in [0.25, 0.3) is 0 Å². The van der Waals surface area contributed by atoms with Crippen molar-refractivity contribution in [2.75, 3.05) is 39.3 Å². The standard InChI is InChI=1S/C19H26N4O2/c1-17(23-8-7-20-16-23)15-19(24)22-11-9-21(10-12-22)13-14-25-18-5-3-2-4-6-18/h2-8,16-17H,9-15H2,1H3/t17-/m1/s1. The van der Waals surface area contributed by atoms with Crippen LogP contribution in [-0.4, -0.2) is 64.6 Å². The highest BCUT2D eigenvalue weighted by atomic mass is 16.5. The Bertz CT molecular complexity index is 637. The van der Waals surface area contributed by atoms with Crippen molar-refractivity contribution in [2.45, 2.75) is 19.4 Å². The summed E-state index contributed by atoms with van der Waals surface area (Å²) in [6.45, 7) is 7.02. The molecule has 2 heterocycles. The summed E-state index contributed by atoms with van der Waals surface area (Å²) < 4.78 is 7.73. The van der Waals surface area contributed by atoms with E-state index in [1.54, 1.807) is 12.5 Å². The van der Waals surface area contributed by atoms with E-state index in [4.69, 9.17) is 4.74 Å². The molecule has 0 aliphatic carbocycles. The van der Waals surface area contributed by atoms with Crippen molar-refractivity contribution in [3.05, 3.63) is 49.1 Å². The number of nitrogens with zero attached hydrogens (tertiary/aromatic N) is 4. The first-order chi connectivity index (χ1) is 12.2. The van der Waals surface area contributed by atoms with E-state index in [-0.39, 0.29) is 11.9 Å². The molecular formula is C19H26N4O2. The molecule has 0 saturated carbocycles. The lowest BCUT2D eigenvalue weighted by molar-refractivity contribution is -0.133. The van der Waals surface area contributed by atoms with Crippen LogP contribution >= 0.6 is 0 Å². The van der Waals surface area contributed by atoms with Crippen molar-refractivity contribution < 1.29 is 9.53 Å². The van der Waals surface area contributed by atoms with Crippen LogP contribution in [0.25, 0.3) is 0 Å². The number of imidazole rings is 1. The molecule has 1 saturated heterocycles. The minimum atomic E-state index is 0.146. The van der Waals surface area contributed by atoms with Crippen LogP contribution in [0, 0.1) is 0 Å². The van der Waals surface area contributed by atoms with Gasteiger partial charge in [-0.2, -0.15) is 0 Å². The van der Waals surface area contributed by atoms with Crippen LogP contribution in [0.2, 0.25) is 0 Å². The van der Waals surface area contributed by atoms with Gasteiger partial charge < -0.3 is 14.2 Å². The maximum atomic E-state index is 12.5. The van der Waals surface area contributed by atoms with Gasteiger partial charge in [0.2, 0.25) is 5.91 Å². The molecular weight excluding hydrogens is 316 g/mol. The maximum absolute atomic E-state index is 12.5. The van der Waals surface area contributed by atoms with Gasteiger partial charge in [0.1, 0.15) is 12.4 Å². The van der Waals surface area contributed by atoms with Crippen LogP contribution < -0.4 is 4.74 Å². The molecule has 0 unspecified atom stereocenters. The number of hydrogen-bond donors (Lipinski definition) is 0. The molecule has 3 rings (SSSR count). The SMILES string of the molecule is C[C@H](CC(=O)N1CCN(CCOc2ccccc2)CC1)n1ccnc1. The Morgan fingerprint density at radius 3 is 2.64 bits per heavy atom. The molecule has 1 fully saturated rings. The number of para-hydroxylation sites is 1. The number of piperazine rings is 1. The summed E-state index contributed by atoms with van der Waals surface area (Å²) in [5.74, 6) is 1.13. The molecule has 1 atom stereocenters. The molecule has 0 N–H and O–H groups in total. The fourth-order valence-electron chi connectivity index (χ4n) is 3.05. The maximum Gasteiger partial charge on any atom is 0.224 e. The van der Waals surface area contributed by atoms with Gasteiger partial charge in [0, 0.05) is 57.6 Å². The highest BCUT2D eigenvalue weighted by Crippen LogP contribution is 2.13. The van der Waals surface area contributed by atoms with Crippen molar-refractivity contribution >= 4 is 5.91 Å². The second-order valence-electron chi connectivity index (χ2n) is 6.45. The molecule has 6 nitrogen and oxygen atoms in total. The fourth-order valence-corrected chi connectivity index (χ4v) is 3.05. The van der Waals surface area contributed by atoms with E-state index in [2.05, 4.69) is 16.8 Å². The van der Waals surface area contributed by atoms with Crippen LogP contribution in [0.5, 0.6) is 5.75 Å². The summed E-state index contributed by atoms with van der Waals surface area (Å²) in [5, 5.41) is 0. The van der Waals surface area contributed by atoms with E-state index >= 15 is 0 Å². The Kier molecular flexibility index (Phi) is 6.06. The van der Waals surface area contributed by atoms with Crippen LogP contribution in [0.1, 0.15) is 19.4 Å². The van der Waals surface area contributed by atoms with Crippen LogP contribution in [0.15, 0.2) is 49.1 Å². The largest absolute Gasteiger partial charge is 0.492 e. The number of aromatic nitrogens is 2. The number of benzene rings is 1. The first-order valence-electron chi connectivity index (χ1n) is 8.88. The lowest BCUT2D eigenvalue weighted by atomic mass is 10.2. The number of amides is 1. The van der Waals surface area contributed by atoms with Crippen molar-refractivity contribution in [3.63, 3.8) is 0 Å². The molecule has 1 aliphatic rings. The molecule has 1 aliphatic heterocycles. The number of rotatable bonds is 7. The first-order valence-corrected chi connectivity index (χ1v) is 8.88. The topological polar surface area (TPSA) is 50.6 Å². The summed E-state index contributed by atoms with van der Waals surface area (Å²) in [7, 11) is 0. The van der Waals surface area contributed by atoms with Crippen LogP contribution in [0.3, 0.4) is 0 Å². The van der Waals surface area contributed by atoms with E-state index in [1.807, 2.05) is 46.0 Å². The van der Waals surface area contributed by atoms with Gasteiger partial charge in [-0.05, 0) is 19.1 Å². The van der Waals surface area contributed by atoms with Crippen molar-refractivity contribution in [1.29, 1.82) is 0 Å². The molecule has 0 spiro atoms. The Labute approximate surface area is 149 Å². The third-order valence-electron chi connectivity index (χ3n) is 4.65. The average molecular weight is 342 g/mol. The van der Waals surface area contributed by atoms with Gasteiger partial charge in [-0.25, -0.2) is 4.98 Å². The second kappa shape index (κ2) is 8.67. The molecule has 6 heteroatoms. The molecule has 25 heavy (non-hydrogen) atoms. The van der Waals surface area contributed by atoms with Gasteiger partial charge in [0.05, 0.1) is 6.33 Å². The van der Waals surface area contributed by atoms with Crippen molar-refractivity contribution in [2.24, 2.45) is 0 Å². The Morgan fingerprint density at radius 1 is 1.20 bits per heavy atom. The van der Waals surface area contributed by atoms with Crippen LogP contribution in [-0.2, 0) is 4.79 Å². The summed E-state index contributed by atoms with van der Waals surface area (Å²) >= 11 is 0. The number of hydrogen-bond acceptors (Lipinski definition) is 4. The summed E-state index contributed by atoms with van der Waals surface area (Å²) in [6.07, 6.45) is 5.94. The third kappa shape index (κ3) is 5.06. The molecule has 0 bridgehead atoms. The number of ether oxygens (including phenoxy) is 1. The zero-order chi connectivity index (χ0) is 17.5. The third-order valence-corrected chi connectivity index (χ3v) is 4.65. The van der Waals surface area contributed by atoms with Gasteiger partial charge in [-0.1, -0.05) is 18.2 Å². The van der Waals surface area contributed by atoms with Gasteiger partial charge in [-0.3, -0.25) is 9.69 Å². The van der Waals surface area contributed by atoms with E-state index in [9.17, 15) is 4.79 Å². The van der Waals surface area contributed by atoms with E-state index in [0.717, 1.165) is 38.5 Å². The van der Waals surface area contributed by atoms with Gasteiger partial charge in [-0.15, -0.1) is 0 Å². The Hall–Kier alpha value is -2.34. The van der Waals surface area contributed by atoms with Crippen molar-refractivity contribution in [3.8, 4) is 5.75 Å². The monoisotopic (exact) mass is 342 g/mol. The quantitative estimate of drug-likeness (QED) is 0.773. The molecule has 0 radical (unpaired) electrons. The van der Waals surface area contributed by atoms with Crippen molar-refractivity contribution in [1.82, 2.24) is 19.4 Å². The summed E-state index contributed by atoms with van der Waals surface area (Å²) in [6, 6.07) is 10.0. The predicted molar refractivity (Wildman–Crippen MR) is 96.5 cm³/mol. The predicted octanol–water partition coefficient (Wildman–Crippen LogP) is 2.06. The minimum absolute atomic E-state index is 0.146. The normalized spacial score (nSPS) is 16.6. The zero-order valence-electron chi connectivity index (χ0n) is 14.8. The lowest BCUT2D eigenvalue weighted by Crippen LogP contribution is -2.49. The molecule has 1 amide bonds. The van der Waals surface area contributed by atoms with Gasteiger partial charge in [0.15, 0.2) is 0 Å². The van der Waals surface area contributed by atoms with E-state index in [0.29, 0.717) is 13.0 Å². The smallest absolute Gasteiger partial charge is 0.224 e. The average Bonchev–Trinajstić information content (AvgIpc) is 3.18. The fraction of sp³-hybridized carbons (Fsp3) is 0.474. The Balaban J connectivity index is 1.36. The Morgan fingerprint density at radius 2 is 1.96 bits per heavy atom. The zero-order valence-corrected chi connectivity index (χ0v) is 14.8. The summed E-state index contributed by atoms with van der Waals surface area (Å²) in [5.41, 5.74) is 0. The molecule has 1 aromatic carbocycles. The molecule has 2 aromatic rings. The molecule has 1 aromatic heterocycles. The highest BCUT2D eigenvalue weighted by molar-refractivity contribution is 5.76. The van der Waals surface area contributed by atoms with E-state index in [1.165, 1.54) is 0 Å². The van der Waals surface area contributed by atoms with Crippen LogP contribution in [0.4, 0.5) is 0 Å². The highest BCUT2D eigenvalue weighted by Gasteiger charge is 2.22. The number of carbonyl (C=O) groups excluding carboxylic acids is 1. The lowest BCUT2D eigenvalue weighted by Gasteiger charge is -2.35. The second-order valence-corrected chi connectivity index (χ2v) is 6.45. The minimum Gasteiger partial charge on any atom is -0.492 e. The van der Waals surface area contributed by atoms with Gasteiger partial charge >= 0.3 is 0 Å². The summed E-state index contributed by atoms with van der Waals surface area (Å²) in [4.78, 5) is 20.8. The van der Waals surface area contributed by atoms with E-state index < -0.39 is 0 Å². The number of carbonyl (C=O) groups is 1. The first kappa shape index (κ1) is 17.5. The molecule has 134 valence electrons.